The van der Waals surface area contributed by atoms with Crippen molar-refractivity contribution in [3.8, 4) is 40.2 Å². The van der Waals surface area contributed by atoms with Gasteiger partial charge < -0.3 is 4.42 Å². The topological polar surface area (TPSA) is 82.5 Å². The molecule has 0 fully saturated rings. The molecule has 0 aliphatic carbocycles. The van der Waals surface area contributed by atoms with Gasteiger partial charge in [-0.2, -0.15) is 0 Å². The maximum Gasteiger partial charge on any atom is 0.236 e. The summed E-state index contributed by atoms with van der Waals surface area (Å²) in [5, 5.41) is 2.27. The van der Waals surface area contributed by atoms with Crippen LogP contribution in [0.4, 0.5) is 0 Å². The first-order chi connectivity index (χ1) is 19.8. The molecule has 0 aliphatic heterocycles. The number of hydrogen-bond donors (Lipinski definition) is 0. The summed E-state index contributed by atoms with van der Waals surface area (Å²) in [6, 6.07) is 38.2. The van der Waals surface area contributed by atoms with Crippen LogP contribution in [-0.4, -0.2) is 29.5 Å². The molecular weight excluding hydrogens is 496 g/mol. The lowest BCUT2D eigenvalue weighted by atomic mass is 10.2. The van der Waals surface area contributed by atoms with Gasteiger partial charge in [-0.1, -0.05) is 97.1 Å². The van der Waals surface area contributed by atoms with E-state index in [1.807, 2.05) is 91.0 Å². The number of fused-ring (bicyclic) bond motifs is 4. The highest BCUT2D eigenvalue weighted by atomic mass is 16.3. The number of nitrogens with zero attached hydrogens (tertiary/aromatic N) is 6. The van der Waals surface area contributed by atoms with Crippen LogP contribution in [0.2, 0.25) is 0 Å². The van der Waals surface area contributed by atoms with E-state index >= 15 is 0 Å². The highest BCUT2D eigenvalue weighted by molar-refractivity contribution is 6.09. The molecule has 0 unspecified atom stereocenters. The van der Waals surface area contributed by atoms with E-state index in [1.165, 1.54) is 0 Å². The number of hydrogen-bond acceptors (Lipinski definition) is 6. The Bertz CT molecular complexity index is 2060. The minimum atomic E-state index is 0.414. The molecule has 8 rings (SSSR count). The quantitative estimate of drug-likeness (QED) is 0.241. The van der Waals surface area contributed by atoms with E-state index in [0.29, 0.717) is 40.2 Å². The summed E-state index contributed by atoms with van der Waals surface area (Å²) in [5.41, 5.74) is 5.50. The number of aromatic nitrogens is 6. The first-order valence-electron chi connectivity index (χ1n) is 12.9. The molecule has 7 nitrogen and oxygen atoms in total. The van der Waals surface area contributed by atoms with Gasteiger partial charge in [0.1, 0.15) is 5.52 Å². The van der Waals surface area contributed by atoms with Crippen molar-refractivity contribution < 1.29 is 4.42 Å². The molecule has 0 N–H and O–H groups in total. The zero-order valence-electron chi connectivity index (χ0n) is 21.1. The highest BCUT2D eigenvalue weighted by Gasteiger charge is 2.21. The smallest absolute Gasteiger partial charge is 0.236 e. The average molecular weight is 517 g/mol. The van der Waals surface area contributed by atoms with Crippen LogP contribution in [0.25, 0.3) is 73.1 Å². The zero-order chi connectivity index (χ0) is 26.5. The molecule has 0 saturated carbocycles. The van der Waals surface area contributed by atoms with Crippen LogP contribution in [0.5, 0.6) is 0 Å². The summed E-state index contributed by atoms with van der Waals surface area (Å²) in [7, 11) is 0. The second-order valence-electron chi connectivity index (χ2n) is 9.42. The molecule has 4 aromatic carbocycles. The van der Waals surface area contributed by atoms with Gasteiger partial charge in [-0.05, 0) is 12.1 Å². The minimum Gasteiger partial charge on any atom is -0.460 e. The summed E-state index contributed by atoms with van der Waals surface area (Å²) in [6.45, 7) is 0. The van der Waals surface area contributed by atoms with Crippen molar-refractivity contribution in [1.29, 1.82) is 0 Å². The van der Waals surface area contributed by atoms with E-state index in [9.17, 15) is 0 Å². The molecule has 0 aliphatic rings. The van der Waals surface area contributed by atoms with Gasteiger partial charge in [-0.25, -0.2) is 24.9 Å². The summed E-state index contributed by atoms with van der Waals surface area (Å²) >= 11 is 0. The minimum absolute atomic E-state index is 0.414. The van der Waals surface area contributed by atoms with Crippen molar-refractivity contribution >= 4 is 32.9 Å². The highest BCUT2D eigenvalue weighted by Crippen LogP contribution is 2.33. The predicted molar refractivity (Wildman–Crippen MR) is 156 cm³/mol. The van der Waals surface area contributed by atoms with E-state index in [4.69, 9.17) is 29.3 Å². The molecular formula is C33H20N6O. The standard InChI is InChI=1S/C33H20N6O/c1-3-11-21(12-4-1)30-36-31(22-13-5-2-6-14-22)38-32(37-30)28-29-25(19-20-40-29)34-33(35-28)39-26-17-9-7-15-23(26)24-16-8-10-18-27(24)39/h1-20H. The maximum atomic E-state index is 5.91. The first-order valence-corrected chi connectivity index (χ1v) is 12.9. The van der Waals surface area contributed by atoms with Gasteiger partial charge in [0.05, 0.1) is 17.3 Å². The Balaban J connectivity index is 1.42. The Labute approximate surface area is 228 Å². The van der Waals surface area contributed by atoms with Crippen LogP contribution in [0.3, 0.4) is 0 Å². The summed E-state index contributed by atoms with van der Waals surface area (Å²) in [4.78, 5) is 24.6. The predicted octanol–water partition coefficient (Wildman–Crippen LogP) is 7.51. The second kappa shape index (κ2) is 8.96. The second-order valence-corrected chi connectivity index (χ2v) is 9.42. The number of benzene rings is 4. The van der Waals surface area contributed by atoms with Crippen molar-refractivity contribution in [2.45, 2.75) is 0 Å². The summed E-state index contributed by atoms with van der Waals surface area (Å²) < 4.78 is 7.99. The van der Waals surface area contributed by atoms with Gasteiger partial charge in [-0.15, -0.1) is 0 Å². The molecule has 4 heterocycles. The third-order valence-corrected chi connectivity index (χ3v) is 6.98. The van der Waals surface area contributed by atoms with Gasteiger partial charge in [0.25, 0.3) is 0 Å². The van der Waals surface area contributed by atoms with Gasteiger partial charge in [0.2, 0.25) is 5.95 Å². The Hall–Kier alpha value is -5.69. The molecule has 0 amide bonds. The Morgan fingerprint density at radius 1 is 0.475 bits per heavy atom. The first kappa shape index (κ1) is 22.3. The Morgan fingerprint density at radius 2 is 1.00 bits per heavy atom. The maximum absolute atomic E-state index is 5.91. The van der Waals surface area contributed by atoms with Crippen molar-refractivity contribution in [2.75, 3.05) is 0 Å². The van der Waals surface area contributed by atoms with Crippen LogP contribution in [0.15, 0.2) is 126 Å². The van der Waals surface area contributed by atoms with Gasteiger partial charge in [-0.3, -0.25) is 4.57 Å². The normalized spacial score (nSPS) is 11.5. The number of para-hydroxylation sites is 2. The largest absolute Gasteiger partial charge is 0.460 e. The van der Waals surface area contributed by atoms with Crippen LogP contribution in [0, 0.1) is 0 Å². The van der Waals surface area contributed by atoms with Gasteiger partial charge in [0.15, 0.2) is 28.8 Å². The van der Waals surface area contributed by atoms with Crippen molar-refractivity contribution in [3.05, 3.63) is 122 Å². The Morgan fingerprint density at radius 3 is 1.60 bits per heavy atom. The summed E-state index contributed by atoms with van der Waals surface area (Å²) in [5.74, 6) is 2.05. The molecule has 8 aromatic rings. The molecule has 188 valence electrons. The summed E-state index contributed by atoms with van der Waals surface area (Å²) in [6.07, 6.45) is 1.62. The van der Waals surface area contributed by atoms with Crippen LogP contribution < -0.4 is 0 Å². The van der Waals surface area contributed by atoms with Crippen molar-refractivity contribution in [2.24, 2.45) is 0 Å². The molecule has 0 bridgehead atoms. The fraction of sp³-hybridized carbons (Fsp3) is 0. The molecule has 4 aromatic heterocycles. The lowest BCUT2D eigenvalue weighted by Crippen LogP contribution is -2.06. The lowest BCUT2D eigenvalue weighted by Gasteiger charge is -2.10. The SMILES string of the molecule is c1ccc(-c2nc(-c3ccccc3)nc(-c3nc(-n4c5ccccc5c5ccccc54)nc4ccoc34)n2)cc1. The van der Waals surface area contributed by atoms with Crippen molar-refractivity contribution in [3.63, 3.8) is 0 Å². The molecule has 0 atom stereocenters. The van der Waals surface area contributed by atoms with Crippen molar-refractivity contribution in [1.82, 2.24) is 29.5 Å². The number of rotatable bonds is 4. The molecule has 40 heavy (non-hydrogen) atoms. The van der Waals surface area contributed by atoms with Gasteiger partial charge in [0, 0.05) is 28.0 Å². The lowest BCUT2D eigenvalue weighted by molar-refractivity contribution is 0.614. The third-order valence-electron chi connectivity index (χ3n) is 6.98. The average Bonchev–Trinajstić information content (AvgIpc) is 3.64. The Kier molecular flexibility index (Phi) is 4.99. The fourth-order valence-corrected chi connectivity index (χ4v) is 5.16. The molecule has 0 saturated heterocycles. The van der Waals surface area contributed by atoms with E-state index < -0.39 is 0 Å². The van der Waals surface area contributed by atoms with Gasteiger partial charge >= 0.3 is 0 Å². The van der Waals surface area contributed by atoms with E-state index in [-0.39, 0.29) is 0 Å². The van der Waals surface area contributed by atoms with E-state index in [1.54, 1.807) is 6.26 Å². The van der Waals surface area contributed by atoms with Crippen LogP contribution in [-0.2, 0) is 0 Å². The molecule has 0 spiro atoms. The zero-order valence-corrected chi connectivity index (χ0v) is 21.1. The monoisotopic (exact) mass is 516 g/mol. The third kappa shape index (κ3) is 3.56. The fourth-order valence-electron chi connectivity index (χ4n) is 5.16. The van der Waals surface area contributed by atoms with Crippen LogP contribution in [0.1, 0.15) is 0 Å². The van der Waals surface area contributed by atoms with E-state index in [0.717, 1.165) is 32.9 Å². The molecule has 7 heteroatoms. The molecule has 0 radical (unpaired) electrons. The number of furan rings is 1. The van der Waals surface area contributed by atoms with E-state index in [2.05, 4.69) is 28.8 Å². The van der Waals surface area contributed by atoms with Crippen LogP contribution >= 0.6 is 0 Å².